The van der Waals surface area contributed by atoms with Gasteiger partial charge in [0.15, 0.2) is 6.61 Å². The lowest BCUT2D eigenvalue weighted by atomic mass is 10.1. The number of carbonyl (C=O) groups is 2. The summed E-state index contributed by atoms with van der Waals surface area (Å²) < 4.78 is 5.41. The molecule has 2 aromatic rings. The molecule has 0 heterocycles. The van der Waals surface area contributed by atoms with Gasteiger partial charge >= 0.3 is 5.69 Å². The van der Waals surface area contributed by atoms with Crippen molar-refractivity contribution in [1.29, 1.82) is 0 Å². The van der Waals surface area contributed by atoms with Crippen LogP contribution in [-0.4, -0.2) is 23.3 Å². The van der Waals surface area contributed by atoms with Gasteiger partial charge in [0.2, 0.25) is 11.7 Å². The molecule has 0 fully saturated rings. The Balaban J connectivity index is 2.04. The van der Waals surface area contributed by atoms with Gasteiger partial charge in [-0.3, -0.25) is 19.7 Å². The number of hydrogen-bond donors (Lipinski definition) is 2. The third-order valence-electron chi connectivity index (χ3n) is 3.69. The molecule has 0 saturated carbocycles. The first-order valence-electron chi connectivity index (χ1n) is 8.38. The van der Waals surface area contributed by atoms with Gasteiger partial charge in [-0.2, -0.15) is 0 Å². The Hall–Kier alpha value is -3.42. The highest BCUT2D eigenvalue weighted by molar-refractivity contribution is 5.94. The summed E-state index contributed by atoms with van der Waals surface area (Å²) in [4.78, 5) is 34.3. The number of aryl methyl sites for hydroxylation is 2. The summed E-state index contributed by atoms with van der Waals surface area (Å²) in [5.41, 5.74) is 2.18. The van der Waals surface area contributed by atoms with Gasteiger partial charge in [0.1, 0.15) is 0 Å². The highest BCUT2D eigenvalue weighted by Crippen LogP contribution is 2.32. The van der Waals surface area contributed by atoms with Crippen molar-refractivity contribution in [3.8, 4) is 5.75 Å². The smallest absolute Gasteiger partial charge is 0.311 e. The maximum atomic E-state index is 12.1. The van der Waals surface area contributed by atoms with Gasteiger partial charge in [-0.25, -0.2) is 0 Å². The monoisotopic (exact) mass is 371 g/mol. The predicted molar refractivity (Wildman–Crippen MR) is 102 cm³/mol. The maximum Gasteiger partial charge on any atom is 0.311 e. The molecule has 27 heavy (non-hydrogen) atoms. The fourth-order valence-corrected chi connectivity index (χ4v) is 2.51. The van der Waals surface area contributed by atoms with Gasteiger partial charge in [0, 0.05) is 23.9 Å². The molecule has 0 bridgehead atoms. The van der Waals surface area contributed by atoms with Crippen LogP contribution < -0.4 is 15.4 Å². The Labute approximate surface area is 156 Å². The van der Waals surface area contributed by atoms with E-state index in [1.165, 1.54) is 6.07 Å². The van der Waals surface area contributed by atoms with Crippen LogP contribution in [0.25, 0.3) is 0 Å². The molecule has 142 valence electrons. The molecule has 0 aliphatic rings. The lowest BCUT2D eigenvalue weighted by Gasteiger charge is -2.11. The van der Waals surface area contributed by atoms with Crippen LogP contribution in [0.5, 0.6) is 5.75 Å². The SMILES string of the molecule is CCC(=O)Nc1cccc(NC(=O)COc2c(C)cc(C)cc2[N+](=O)[O-])c1. The van der Waals surface area contributed by atoms with Gasteiger partial charge in [0.25, 0.3) is 5.91 Å². The van der Waals surface area contributed by atoms with E-state index in [-0.39, 0.29) is 24.0 Å². The average Bonchev–Trinajstić information content (AvgIpc) is 2.60. The van der Waals surface area contributed by atoms with Crippen molar-refractivity contribution in [2.24, 2.45) is 0 Å². The largest absolute Gasteiger partial charge is 0.477 e. The van der Waals surface area contributed by atoms with Crippen molar-refractivity contribution in [3.63, 3.8) is 0 Å². The molecule has 2 aromatic carbocycles. The quantitative estimate of drug-likeness (QED) is 0.571. The molecule has 0 unspecified atom stereocenters. The molecule has 0 atom stereocenters. The van der Waals surface area contributed by atoms with Crippen molar-refractivity contribution < 1.29 is 19.2 Å². The Morgan fingerprint density at radius 1 is 1.07 bits per heavy atom. The zero-order valence-electron chi connectivity index (χ0n) is 15.4. The maximum absolute atomic E-state index is 12.1. The van der Waals surface area contributed by atoms with E-state index in [9.17, 15) is 19.7 Å². The van der Waals surface area contributed by atoms with Crippen LogP contribution in [0.3, 0.4) is 0 Å². The molecule has 0 aromatic heterocycles. The molecule has 8 heteroatoms. The molecular formula is C19H21N3O5. The van der Waals surface area contributed by atoms with E-state index >= 15 is 0 Å². The van der Waals surface area contributed by atoms with Crippen molar-refractivity contribution in [2.75, 3.05) is 17.2 Å². The van der Waals surface area contributed by atoms with E-state index < -0.39 is 10.8 Å². The molecule has 2 rings (SSSR count). The lowest BCUT2D eigenvalue weighted by Crippen LogP contribution is -2.21. The topological polar surface area (TPSA) is 111 Å². The second-order valence-corrected chi connectivity index (χ2v) is 6.01. The number of ether oxygens (including phenoxy) is 1. The van der Waals surface area contributed by atoms with Crippen LogP contribution in [0.1, 0.15) is 24.5 Å². The number of hydrogen-bond acceptors (Lipinski definition) is 5. The summed E-state index contributed by atoms with van der Waals surface area (Å²) in [7, 11) is 0. The molecule has 8 nitrogen and oxygen atoms in total. The zero-order valence-corrected chi connectivity index (χ0v) is 15.4. The molecule has 0 aliphatic heterocycles. The van der Waals surface area contributed by atoms with Crippen LogP contribution in [0.4, 0.5) is 17.1 Å². The Bertz CT molecular complexity index is 880. The highest BCUT2D eigenvalue weighted by Gasteiger charge is 2.19. The number of rotatable bonds is 7. The molecule has 0 radical (unpaired) electrons. The molecule has 0 saturated heterocycles. The standard InChI is InChI=1S/C19H21N3O5/c1-4-17(23)20-14-6-5-7-15(10-14)21-18(24)11-27-19-13(3)8-12(2)9-16(19)22(25)26/h5-10H,4,11H2,1-3H3,(H,20,23)(H,21,24). The van der Waals surface area contributed by atoms with Crippen LogP contribution >= 0.6 is 0 Å². The first-order chi connectivity index (χ1) is 12.8. The van der Waals surface area contributed by atoms with Crippen LogP contribution in [0.15, 0.2) is 36.4 Å². The van der Waals surface area contributed by atoms with Gasteiger partial charge < -0.3 is 15.4 Å². The minimum absolute atomic E-state index is 0.0738. The minimum atomic E-state index is -0.535. The van der Waals surface area contributed by atoms with Gasteiger partial charge in [-0.15, -0.1) is 0 Å². The van der Waals surface area contributed by atoms with Gasteiger partial charge in [-0.05, 0) is 43.2 Å². The van der Waals surface area contributed by atoms with Crippen molar-refractivity contribution in [1.82, 2.24) is 0 Å². The summed E-state index contributed by atoms with van der Waals surface area (Å²) in [5, 5.41) is 16.5. The normalized spacial score (nSPS) is 10.2. The third-order valence-corrected chi connectivity index (χ3v) is 3.69. The summed E-state index contributed by atoms with van der Waals surface area (Å²) in [6.45, 7) is 4.80. The average molecular weight is 371 g/mol. The number of anilines is 2. The van der Waals surface area contributed by atoms with Gasteiger partial charge in [0.05, 0.1) is 4.92 Å². The number of nitro benzene ring substituents is 1. The van der Waals surface area contributed by atoms with E-state index in [2.05, 4.69) is 10.6 Å². The van der Waals surface area contributed by atoms with E-state index in [0.29, 0.717) is 23.4 Å². The Morgan fingerprint density at radius 2 is 1.70 bits per heavy atom. The number of nitrogens with one attached hydrogen (secondary N) is 2. The highest BCUT2D eigenvalue weighted by atomic mass is 16.6. The fourth-order valence-electron chi connectivity index (χ4n) is 2.51. The van der Waals surface area contributed by atoms with Crippen molar-refractivity contribution in [3.05, 3.63) is 57.6 Å². The number of amides is 2. The number of carbonyl (C=O) groups excluding carboxylic acids is 2. The summed E-state index contributed by atoms with van der Waals surface area (Å²) in [6.07, 6.45) is 0.346. The summed E-state index contributed by atoms with van der Waals surface area (Å²) in [5.74, 6) is -0.531. The molecule has 2 amide bonds. The van der Waals surface area contributed by atoms with Crippen LogP contribution in [0.2, 0.25) is 0 Å². The first kappa shape index (κ1) is 19.9. The second-order valence-electron chi connectivity index (χ2n) is 6.01. The molecular weight excluding hydrogens is 350 g/mol. The second kappa shape index (κ2) is 8.79. The van der Waals surface area contributed by atoms with Crippen molar-refractivity contribution in [2.45, 2.75) is 27.2 Å². The number of nitro groups is 1. The van der Waals surface area contributed by atoms with Crippen LogP contribution in [0, 0.1) is 24.0 Å². The fraction of sp³-hybridized carbons (Fsp3) is 0.263. The molecule has 0 spiro atoms. The number of nitrogens with zero attached hydrogens (tertiary/aromatic N) is 1. The first-order valence-corrected chi connectivity index (χ1v) is 8.38. The van der Waals surface area contributed by atoms with E-state index in [1.807, 2.05) is 0 Å². The van der Waals surface area contributed by atoms with E-state index in [1.54, 1.807) is 51.1 Å². The Morgan fingerprint density at radius 3 is 2.30 bits per heavy atom. The summed E-state index contributed by atoms with van der Waals surface area (Å²) >= 11 is 0. The lowest BCUT2D eigenvalue weighted by molar-refractivity contribution is -0.385. The zero-order chi connectivity index (χ0) is 20.0. The molecule has 0 aliphatic carbocycles. The van der Waals surface area contributed by atoms with Gasteiger partial charge in [-0.1, -0.05) is 19.1 Å². The van der Waals surface area contributed by atoms with E-state index in [0.717, 1.165) is 5.56 Å². The summed E-state index contributed by atoms with van der Waals surface area (Å²) in [6, 6.07) is 9.83. The van der Waals surface area contributed by atoms with E-state index in [4.69, 9.17) is 4.74 Å². The predicted octanol–water partition coefficient (Wildman–Crippen LogP) is 3.58. The number of benzene rings is 2. The molecule has 2 N–H and O–H groups in total. The Kier molecular flexibility index (Phi) is 6.48. The third kappa shape index (κ3) is 5.53. The van der Waals surface area contributed by atoms with Crippen molar-refractivity contribution >= 4 is 28.9 Å². The van der Waals surface area contributed by atoms with Crippen LogP contribution in [-0.2, 0) is 9.59 Å². The minimum Gasteiger partial charge on any atom is -0.477 e.